The van der Waals surface area contributed by atoms with Gasteiger partial charge in [-0.05, 0) is 27.1 Å². The number of carbonyl (C=O) groups is 1. The van der Waals surface area contributed by atoms with Crippen LogP contribution in [0.5, 0.6) is 0 Å². The van der Waals surface area contributed by atoms with Crippen LogP contribution in [0.3, 0.4) is 0 Å². The second kappa shape index (κ2) is 7.37. The highest BCUT2D eigenvalue weighted by molar-refractivity contribution is 5.83. The van der Waals surface area contributed by atoms with Gasteiger partial charge in [0.2, 0.25) is 5.91 Å². The summed E-state index contributed by atoms with van der Waals surface area (Å²) < 4.78 is 16.1. The average Bonchev–Trinajstić information content (AvgIpc) is 2.96. The van der Waals surface area contributed by atoms with Crippen LogP contribution >= 0.6 is 0 Å². The lowest BCUT2D eigenvalue weighted by molar-refractivity contribution is -0.135. The fraction of sp³-hybridized carbons (Fsp3) is 0.412. The molecule has 2 aromatic rings. The van der Waals surface area contributed by atoms with Gasteiger partial charge in [0.15, 0.2) is 0 Å². The maximum Gasteiger partial charge on any atom is 0.244 e. The third-order valence-corrected chi connectivity index (χ3v) is 3.85. The molecule has 0 saturated carbocycles. The van der Waals surface area contributed by atoms with E-state index in [1.54, 1.807) is 55.3 Å². The van der Waals surface area contributed by atoms with Gasteiger partial charge in [0, 0.05) is 31.5 Å². The normalized spacial score (nSPS) is 12.4. The van der Waals surface area contributed by atoms with Gasteiger partial charge < -0.3 is 9.47 Å². The molecule has 0 radical (unpaired) electrons. The van der Waals surface area contributed by atoms with Gasteiger partial charge in [-0.1, -0.05) is 18.2 Å². The molecule has 0 N–H and O–H groups in total. The van der Waals surface area contributed by atoms with E-state index in [4.69, 9.17) is 0 Å². The van der Waals surface area contributed by atoms with Crippen molar-refractivity contribution in [1.29, 1.82) is 0 Å². The van der Waals surface area contributed by atoms with Gasteiger partial charge in [-0.2, -0.15) is 0 Å². The highest BCUT2D eigenvalue weighted by Crippen LogP contribution is 2.23. The number of halogens is 1. The van der Waals surface area contributed by atoms with Gasteiger partial charge >= 0.3 is 0 Å². The van der Waals surface area contributed by atoms with Crippen molar-refractivity contribution < 1.29 is 9.18 Å². The molecule has 0 bridgehead atoms. The molecule has 1 amide bonds. The van der Waals surface area contributed by atoms with Crippen molar-refractivity contribution in [3.05, 3.63) is 53.9 Å². The Morgan fingerprint density at radius 3 is 2.61 bits per heavy atom. The molecule has 1 aromatic heterocycles. The lowest BCUT2D eigenvalue weighted by atomic mass is 10.0. The van der Waals surface area contributed by atoms with Crippen LogP contribution in [0.2, 0.25) is 0 Å². The lowest BCUT2D eigenvalue weighted by Crippen LogP contribution is -2.39. The van der Waals surface area contributed by atoms with Crippen LogP contribution in [-0.4, -0.2) is 46.4 Å². The van der Waals surface area contributed by atoms with Gasteiger partial charge in [-0.15, -0.1) is 0 Å². The van der Waals surface area contributed by atoms with E-state index in [1.165, 1.54) is 6.07 Å². The topological polar surface area (TPSA) is 41.4 Å². The minimum Gasteiger partial charge on any atom is -0.337 e. The third-order valence-electron chi connectivity index (χ3n) is 3.85. The summed E-state index contributed by atoms with van der Waals surface area (Å²) in [7, 11) is 5.26. The van der Waals surface area contributed by atoms with Gasteiger partial charge in [-0.3, -0.25) is 9.69 Å². The van der Waals surface area contributed by atoms with Gasteiger partial charge in [0.25, 0.3) is 0 Å². The summed E-state index contributed by atoms with van der Waals surface area (Å²) in [5, 5.41) is 0. The van der Waals surface area contributed by atoms with Gasteiger partial charge in [0.05, 0.1) is 6.54 Å². The molecule has 1 heterocycles. The predicted octanol–water partition coefficient (Wildman–Crippen LogP) is 2.30. The summed E-state index contributed by atoms with van der Waals surface area (Å²) in [5.41, 5.74) is 0.383. The van der Waals surface area contributed by atoms with E-state index in [2.05, 4.69) is 4.98 Å². The molecule has 6 heteroatoms. The SMILES string of the molecule is CCn1ccnc1CN(C)C(=O)C(c1ccccc1F)N(C)C. The van der Waals surface area contributed by atoms with Crippen molar-refractivity contribution in [2.45, 2.75) is 26.1 Å². The fourth-order valence-corrected chi connectivity index (χ4v) is 2.61. The highest BCUT2D eigenvalue weighted by Gasteiger charge is 2.28. The summed E-state index contributed by atoms with van der Waals surface area (Å²) in [6.07, 6.45) is 3.60. The standard InChI is InChI=1S/C17H23FN4O/c1-5-22-11-10-19-15(22)12-21(4)17(23)16(20(2)3)13-8-6-7-9-14(13)18/h6-11,16H,5,12H2,1-4H3. The molecule has 1 atom stereocenters. The first-order chi connectivity index (χ1) is 11.0. The second-order valence-electron chi connectivity index (χ2n) is 5.71. The number of rotatable bonds is 6. The quantitative estimate of drug-likeness (QED) is 0.821. The van der Waals surface area contributed by atoms with Crippen LogP contribution in [-0.2, 0) is 17.9 Å². The van der Waals surface area contributed by atoms with Crippen LogP contribution < -0.4 is 0 Å². The molecule has 2 rings (SSSR count). The van der Waals surface area contributed by atoms with Crippen molar-refractivity contribution in [3.8, 4) is 0 Å². The van der Waals surface area contributed by atoms with Crippen molar-refractivity contribution in [1.82, 2.24) is 19.4 Å². The zero-order valence-corrected chi connectivity index (χ0v) is 14.0. The molecule has 5 nitrogen and oxygen atoms in total. The number of aromatic nitrogens is 2. The maximum atomic E-state index is 14.1. The summed E-state index contributed by atoms with van der Waals surface area (Å²) in [6, 6.07) is 5.73. The van der Waals surface area contributed by atoms with E-state index in [9.17, 15) is 9.18 Å². The molecule has 0 aliphatic heterocycles. The van der Waals surface area contributed by atoms with Crippen LogP contribution in [0.15, 0.2) is 36.7 Å². The van der Waals surface area contributed by atoms with E-state index in [0.717, 1.165) is 12.4 Å². The Labute approximate surface area is 136 Å². The van der Waals surface area contributed by atoms with Crippen molar-refractivity contribution >= 4 is 5.91 Å². The molecular weight excluding hydrogens is 295 g/mol. The van der Waals surface area contributed by atoms with E-state index >= 15 is 0 Å². The van der Waals surface area contributed by atoms with Gasteiger partial charge in [-0.25, -0.2) is 9.37 Å². The third kappa shape index (κ3) is 3.76. The summed E-state index contributed by atoms with van der Waals surface area (Å²) >= 11 is 0. The molecule has 0 spiro atoms. The Bertz CT molecular complexity index is 668. The molecular formula is C17H23FN4O. The van der Waals surface area contributed by atoms with Crippen LogP contribution in [0.1, 0.15) is 24.4 Å². The maximum absolute atomic E-state index is 14.1. The number of nitrogens with zero attached hydrogens (tertiary/aromatic N) is 4. The number of likely N-dealkylation sites (N-methyl/N-ethyl adjacent to an activating group) is 2. The molecule has 0 fully saturated rings. The van der Waals surface area contributed by atoms with Crippen LogP contribution in [0, 0.1) is 5.82 Å². The summed E-state index contributed by atoms with van der Waals surface area (Å²) in [4.78, 5) is 20.4. The number of amides is 1. The van der Waals surface area contributed by atoms with E-state index < -0.39 is 6.04 Å². The molecule has 0 aliphatic rings. The first kappa shape index (κ1) is 17.1. The number of carbonyl (C=O) groups excluding carboxylic acids is 1. The van der Waals surface area contributed by atoms with E-state index in [1.807, 2.05) is 17.7 Å². The van der Waals surface area contributed by atoms with Crippen molar-refractivity contribution in [3.63, 3.8) is 0 Å². The highest BCUT2D eigenvalue weighted by atomic mass is 19.1. The average molecular weight is 318 g/mol. The Kier molecular flexibility index (Phi) is 5.50. The van der Waals surface area contributed by atoms with Crippen molar-refractivity contribution in [2.75, 3.05) is 21.1 Å². The minimum absolute atomic E-state index is 0.161. The largest absolute Gasteiger partial charge is 0.337 e. The second-order valence-corrected chi connectivity index (χ2v) is 5.71. The zero-order chi connectivity index (χ0) is 17.0. The van der Waals surface area contributed by atoms with Crippen molar-refractivity contribution in [2.24, 2.45) is 0 Å². The van der Waals surface area contributed by atoms with Crippen LogP contribution in [0.25, 0.3) is 0 Å². The molecule has 0 aliphatic carbocycles. The van der Waals surface area contributed by atoms with Crippen LogP contribution in [0.4, 0.5) is 4.39 Å². The monoisotopic (exact) mass is 318 g/mol. The Balaban J connectivity index is 2.23. The zero-order valence-electron chi connectivity index (χ0n) is 14.0. The Morgan fingerprint density at radius 1 is 1.30 bits per heavy atom. The van der Waals surface area contributed by atoms with E-state index in [-0.39, 0.29) is 11.7 Å². The number of benzene rings is 1. The first-order valence-corrected chi connectivity index (χ1v) is 7.61. The smallest absolute Gasteiger partial charge is 0.244 e. The first-order valence-electron chi connectivity index (χ1n) is 7.61. The minimum atomic E-state index is -0.661. The van der Waals surface area contributed by atoms with Gasteiger partial charge in [0.1, 0.15) is 17.7 Å². The molecule has 1 unspecified atom stereocenters. The molecule has 124 valence electrons. The summed E-state index contributed by atoms with van der Waals surface area (Å²) in [6.45, 7) is 3.20. The number of imidazole rings is 1. The fourth-order valence-electron chi connectivity index (χ4n) is 2.61. The molecule has 23 heavy (non-hydrogen) atoms. The summed E-state index contributed by atoms with van der Waals surface area (Å²) in [5.74, 6) is 0.281. The molecule has 1 aromatic carbocycles. The molecule has 0 saturated heterocycles. The number of hydrogen-bond donors (Lipinski definition) is 0. The number of aryl methyl sites for hydroxylation is 1. The lowest BCUT2D eigenvalue weighted by Gasteiger charge is -2.28. The number of hydrogen-bond acceptors (Lipinski definition) is 3. The van der Waals surface area contributed by atoms with E-state index in [0.29, 0.717) is 12.1 Å². The Hall–Kier alpha value is -2.21. The Morgan fingerprint density at radius 2 is 2.00 bits per heavy atom. The predicted molar refractivity (Wildman–Crippen MR) is 87.2 cm³/mol.